The quantitative estimate of drug-likeness (QED) is 0.397. The van der Waals surface area contributed by atoms with Crippen LogP contribution in [0.3, 0.4) is 0 Å². The number of rotatable bonds is 5. The van der Waals surface area contributed by atoms with E-state index in [1.807, 2.05) is 30.3 Å². The number of nitro benzene ring substituents is 1. The van der Waals surface area contributed by atoms with Gasteiger partial charge in [-0.2, -0.15) is 4.98 Å². The third-order valence-corrected chi connectivity index (χ3v) is 4.19. The van der Waals surface area contributed by atoms with E-state index >= 15 is 0 Å². The SMILES string of the molecule is O=C(Nc1ccc(-c2nc(-c3ccccc3)no2)cc1)c1ccc([N+](=O)[O-])cc1. The van der Waals surface area contributed by atoms with Gasteiger partial charge in [0.05, 0.1) is 4.92 Å². The molecule has 0 bridgehead atoms. The van der Waals surface area contributed by atoms with Crippen molar-refractivity contribution in [2.45, 2.75) is 0 Å². The van der Waals surface area contributed by atoms with Gasteiger partial charge in [-0.3, -0.25) is 14.9 Å². The summed E-state index contributed by atoms with van der Waals surface area (Å²) in [5.41, 5.74) is 2.40. The average molecular weight is 386 g/mol. The molecule has 8 heteroatoms. The second kappa shape index (κ2) is 7.73. The number of nitrogens with one attached hydrogen (secondary N) is 1. The molecule has 0 aliphatic carbocycles. The zero-order valence-electron chi connectivity index (χ0n) is 15.0. The summed E-state index contributed by atoms with van der Waals surface area (Å²) in [6.45, 7) is 0. The topological polar surface area (TPSA) is 111 Å². The largest absolute Gasteiger partial charge is 0.334 e. The van der Waals surface area contributed by atoms with Crippen molar-refractivity contribution in [2.24, 2.45) is 0 Å². The molecule has 0 saturated heterocycles. The van der Waals surface area contributed by atoms with Crippen molar-refractivity contribution >= 4 is 17.3 Å². The first-order chi connectivity index (χ1) is 14.1. The lowest BCUT2D eigenvalue weighted by molar-refractivity contribution is -0.384. The van der Waals surface area contributed by atoms with E-state index in [1.54, 1.807) is 24.3 Å². The highest BCUT2D eigenvalue weighted by atomic mass is 16.6. The van der Waals surface area contributed by atoms with Gasteiger partial charge >= 0.3 is 0 Å². The molecule has 0 atom stereocenters. The van der Waals surface area contributed by atoms with E-state index in [0.717, 1.165) is 5.56 Å². The van der Waals surface area contributed by atoms with Crippen molar-refractivity contribution in [3.05, 3.63) is 94.5 Å². The molecule has 0 unspecified atom stereocenters. The first kappa shape index (κ1) is 18.1. The molecule has 0 fully saturated rings. The third kappa shape index (κ3) is 4.01. The van der Waals surface area contributed by atoms with Crippen LogP contribution < -0.4 is 5.32 Å². The predicted molar refractivity (Wildman–Crippen MR) is 106 cm³/mol. The molecule has 8 nitrogen and oxygen atoms in total. The molecule has 1 aromatic heterocycles. The molecule has 29 heavy (non-hydrogen) atoms. The van der Waals surface area contributed by atoms with Gasteiger partial charge in [0.15, 0.2) is 0 Å². The Kier molecular flexibility index (Phi) is 4.81. The lowest BCUT2D eigenvalue weighted by Crippen LogP contribution is -2.11. The van der Waals surface area contributed by atoms with Crippen molar-refractivity contribution in [3.63, 3.8) is 0 Å². The Balaban J connectivity index is 1.46. The molecule has 3 aromatic carbocycles. The van der Waals surface area contributed by atoms with Crippen LogP contribution in [0, 0.1) is 10.1 Å². The second-order valence-corrected chi connectivity index (χ2v) is 6.12. The maximum atomic E-state index is 12.3. The van der Waals surface area contributed by atoms with E-state index in [4.69, 9.17) is 4.52 Å². The normalized spacial score (nSPS) is 10.5. The van der Waals surface area contributed by atoms with E-state index in [2.05, 4.69) is 15.5 Å². The number of carbonyl (C=O) groups excluding carboxylic acids is 1. The standard InChI is InChI=1S/C21H14N4O4/c26-20(15-8-12-18(13-9-15)25(27)28)22-17-10-6-16(7-11-17)21-23-19(24-29-21)14-4-2-1-3-5-14/h1-13H,(H,22,26). The Bertz CT molecular complexity index is 1150. The maximum Gasteiger partial charge on any atom is 0.269 e. The number of aromatic nitrogens is 2. The number of anilines is 1. The number of non-ortho nitro benzene ring substituents is 1. The fraction of sp³-hybridized carbons (Fsp3) is 0. The minimum Gasteiger partial charge on any atom is -0.334 e. The van der Waals surface area contributed by atoms with E-state index in [9.17, 15) is 14.9 Å². The molecule has 0 spiro atoms. The molecule has 0 radical (unpaired) electrons. The monoisotopic (exact) mass is 386 g/mol. The number of amides is 1. The fourth-order valence-electron chi connectivity index (χ4n) is 2.68. The fourth-order valence-corrected chi connectivity index (χ4v) is 2.68. The lowest BCUT2D eigenvalue weighted by atomic mass is 10.1. The molecule has 0 saturated carbocycles. The summed E-state index contributed by atoms with van der Waals surface area (Å²) >= 11 is 0. The third-order valence-electron chi connectivity index (χ3n) is 4.19. The van der Waals surface area contributed by atoms with Gasteiger partial charge in [-0.1, -0.05) is 35.5 Å². The summed E-state index contributed by atoms with van der Waals surface area (Å²) < 4.78 is 5.32. The van der Waals surface area contributed by atoms with Gasteiger partial charge in [0.25, 0.3) is 17.5 Å². The lowest BCUT2D eigenvalue weighted by Gasteiger charge is -2.05. The summed E-state index contributed by atoms with van der Waals surface area (Å²) in [6.07, 6.45) is 0. The summed E-state index contributed by atoms with van der Waals surface area (Å²) in [5, 5.41) is 17.4. The number of benzene rings is 3. The Morgan fingerprint density at radius 2 is 1.59 bits per heavy atom. The van der Waals surface area contributed by atoms with Crippen molar-refractivity contribution in [1.82, 2.24) is 10.1 Å². The van der Waals surface area contributed by atoms with E-state index in [0.29, 0.717) is 28.5 Å². The Hall–Kier alpha value is -4.33. The number of hydrogen-bond acceptors (Lipinski definition) is 6. The summed E-state index contributed by atoms with van der Waals surface area (Å²) in [4.78, 5) is 26.9. The first-order valence-corrected chi connectivity index (χ1v) is 8.65. The van der Waals surface area contributed by atoms with Gasteiger partial charge in [0.2, 0.25) is 5.82 Å². The Morgan fingerprint density at radius 1 is 0.897 bits per heavy atom. The molecule has 1 amide bonds. The zero-order valence-corrected chi connectivity index (χ0v) is 15.0. The molecule has 0 aliphatic rings. The van der Waals surface area contributed by atoms with Crippen LogP contribution in [0.25, 0.3) is 22.8 Å². The van der Waals surface area contributed by atoms with Crippen LogP contribution >= 0.6 is 0 Å². The van der Waals surface area contributed by atoms with Crippen LogP contribution in [0.4, 0.5) is 11.4 Å². The van der Waals surface area contributed by atoms with Gasteiger partial charge in [-0.05, 0) is 36.4 Å². The highest BCUT2D eigenvalue weighted by Gasteiger charge is 2.12. The molecule has 4 aromatic rings. The van der Waals surface area contributed by atoms with Crippen molar-refractivity contribution in [1.29, 1.82) is 0 Å². The Labute approximate surface area is 165 Å². The summed E-state index contributed by atoms with van der Waals surface area (Å²) in [7, 11) is 0. The van der Waals surface area contributed by atoms with Gasteiger partial charge in [0.1, 0.15) is 0 Å². The van der Waals surface area contributed by atoms with Crippen LogP contribution in [0.2, 0.25) is 0 Å². The van der Waals surface area contributed by atoms with Gasteiger partial charge in [-0.15, -0.1) is 0 Å². The predicted octanol–water partition coefficient (Wildman–Crippen LogP) is 4.56. The number of carbonyl (C=O) groups is 1. The Morgan fingerprint density at radius 3 is 2.24 bits per heavy atom. The average Bonchev–Trinajstić information content (AvgIpc) is 3.25. The molecule has 1 N–H and O–H groups in total. The van der Waals surface area contributed by atoms with Crippen LogP contribution in [-0.2, 0) is 0 Å². The minimum absolute atomic E-state index is 0.0691. The highest BCUT2D eigenvalue weighted by Crippen LogP contribution is 2.23. The smallest absolute Gasteiger partial charge is 0.269 e. The minimum atomic E-state index is -0.513. The summed E-state index contributed by atoms with van der Waals surface area (Å²) in [6, 6.07) is 21.8. The van der Waals surface area contributed by atoms with E-state index in [-0.39, 0.29) is 11.6 Å². The second-order valence-electron chi connectivity index (χ2n) is 6.12. The van der Waals surface area contributed by atoms with E-state index in [1.165, 1.54) is 24.3 Å². The van der Waals surface area contributed by atoms with Crippen LogP contribution in [-0.4, -0.2) is 21.0 Å². The molecular formula is C21H14N4O4. The first-order valence-electron chi connectivity index (χ1n) is 8.65. The van der Waals surface area contributed by atoms with Gasteiger partial charge in [-0.25, -0.2) is 0 Å². The molecule has 142 valence electrons. The van der Waals surface area contributed by atoms with Gasteiger partial charge < -0.3 is 9.84 Å². The molecular weight excluding hydrogens is 372 g/mol. The molecule has 4 rings (SSSR count). The molecule has 1 heterocycles. The van der Waals surface area contributed by atoms with Crippen molar-refractivity contribution < 1.29 is 14.2 Å². The van der Waals surface area contributed by atoms with Crippen molar-refractivity contribution in [2.75, 3.05) is 5.32 Å². The van der Waals surface area contributed by atoms with Crippen molar-refractivity contribution in [3.8, 4) is 22.8 Å². The van der Waals surface area contributed by atoms with E-state index < -0.39 is 4.92 Å². The number of nitrogens with zero attached hydrogens (tertiary/aromatic N) is 3. The van der Waals surface area contributed by atoms with Crippen LogP contribution in [0.1, 0.15) is 10.4 Å². The number of hydrogen-bond donors (Lipinski definition) is 1. The van der Waals surface area contributed by atoms with Crippen LogP contribution in [0.5, 0.6) is 0 Å². The number of nitro groups is 1. The molecule has 0 aliphatic heterocycles. The van der Waals surface area contributed by atoms with Crippen LogP contribution in [0.15, 0.2) is 83.4 Å². The van der Waals surface area contributed by atoms with Gasteiger partial charge in [0, 0.05) is 34.5 Å². The summed E-state index contributed by atoms with van der Waals surface area (Å²) in [5.74, 6) is 0.505. The maximum absolute atomic E-state index is 12.3. The zero-order chi connectivity index (χ0) is 20.2. The highest BCUT2D eigenvalue weighted by molar-refractivity contribution is 6.04.